The van der Waals surface area contributed by atoms with E-state index in [1.165, 1.54) is 16.6 Å². The van der Waals surface area contributed by atoms with E-state index in [9.17, 15) is 13.2 Å². The average Bonchev–Trinajstić information content (AvgIpc) is 2.50. The van der Waals surface area contributed by atoms with Crippen molar-refractivity contribution in [2.24, 2.45) is 0 Å². The minimum atomic E-state index is -4.29. The quantitative estimate of drug-likeness (QED) is 0.509. The fourth-order valence-corrected chi connectivity index (χ4v) is 6.30. The number of benzene rings is 1. The molecule has 0 aromatic heterocycles. The van der Waals surface area contributed by atoms with E-state index < -0.39 is 11.7 Å². The van der Waals surface area contributed by atoms with E-state index in [1.807, 2.05) is 0 Å². The van der Waals surface area contributed by atoms with E-state index in [1.54, 1.807) is 6.07 Å². The molecular weight excluding hydrogens is 416 g/mol. The molecule has 6 heteroatoms. The molecule has 2 nitrogen and oxygen atoms in total. The minimum absolute atomic E-state index is 0.0147. The van der Waals surface area contributed by atoms with Crippen LogP contribution in [0.3, 0.4) is 0 Å². The molecule has 23 heavy (non-hydrogen) atoms. The number of rotatable bonds is 5. The average molecular weight is 437 g/mol. The van der Waals surface area contributed by atoms with Gasteiger partial charge in [-0.1, -0.05) is 0 Å². The predicted octanol–water partition coefficient (Wildman–Crippen LogP) is 1.06. The molecule has 0 aliphatic carbocycles. The summed E-state index contributed by atoms with van der Waals surface area (Å²) in [5.74, 6) is 0. The maximum atomic E-state index is 12.8. The summed E-state index contributed by atoms with van der Waals surface area (Å²) in [5.41, 5.74) is 0.125. The molecule has 0 atom stereocenters. The number of nitrogens with zero attached hydrogens (tertiary/aromatic N) is 2. The molecule has 0 saturated carbocycles. The normalized spacial score (nSPS) is 18.7. The summed E-state index contributed by atoms with van der Waals surface area (Å²) in [4.78, 5) is 2.21. The Morgan fingerprint density at radius 3 is 2.57 bits per heavy atom. The first-order valence-electron chi connectivity index (χ1n) is 7.74. The molecule has 2 rings (SSSR count). The summed E-state index contributed by atoms with van der Waals surface area (Å²) in [6.45, 7) is 4.48. The number of halogens is 4. The first kappa shape index (κ1) is 18.5. The van der Waals surface area contributed by atoms with Crippen LogP contribution in [0.2, 0.25) is 0 Å². The van der Waals surface area contributed by atoms with Crippen LogP contribution in [0.5, 0.6) is 0 Å². The van der Waals surface area contributed by atoms with Gasteiger partial charge in [0, 0.05) is 0 Å². The van der Waals surface area contributed by atoms with Gasteiger partial charge in [-0.2, -0.15) is 0 Å². The Kier molecular flexibility index (Phi) is 6.32. The fraction of sp³-hybridized carbons (Fsp3) is 0.588. The summed E-state index contributed by atoms with van der Waals surface area (Å²) < 4.78 is 39.7. The number of hydrogen-bond donors (Lipinski definition) is 0. The molecule has 1 aliphatic heterocycles. The number of piperidine rings is 1. The molecule has 128 valence electrons. The summed E-state index contributed by atoms with van der Waals surface area (Å²) in [6.07, 6.45) is -1.65. The van der Waals surface area contributed by atoms with Gasteiger partial charge in [-0.3, -0.25) is 0 Å². The van der Waals surface area contributed by atoms with E-state index in [0.717, 1.165) is 32.0 Å². The van der Waals surface area contributed by atoms with E-state index in [-0.39, 0.29) is 24.6 Å². The SMILES string of the molecule is CC[I-]C1(CC#N)CCN(Cc2cccc(C(F)(F)F)c2)CC1. The van der Waals surface area contributed by atoms with Gasteiger partial charge in [-0.25, -0.2) is 0 Å². The van der Waals surface area contributed by atoms with Crippen LogP contribution in [0, 0.1) is 11.3 Å². The van der Waals surface area contributed by atoms with Crippen LogP contribution in [-0.2, 0) is 12.7 Å². The van der Waals surface area contributed by atoms with Gasteiger partial charge >= 0.3 is 146 Å². The Balaban J connectivity index is 1.98. The van der Waals surface area contributed by atoms with Crippen LogP contribution in [-0.4, -0.2) is 25.8 Å². The van der Waals surface area contributed by atoms with E-state index in [0.29, 0.717) is 18.5 Å². The standard InChI is InChI=1S/C17H21F3IN2/c1-2-21-16(6-9-22)7-10-23(11-8-16)13-14-4-3-5-15(12-14)17(18,19)20/h3-5,12H,2,6-8,10-11,13H2,1H3/q-1. The summed E-state index contributed by atoms with van der Waals surface area (Å²) in [7, 11) is 0. The van der Waals surface area contributed by atoms with Crippen LogP contribution in [0.1, 0.15) is 37.3 Å². The van der Waals surface area contributed by atoms with Gasteiger partial charge in [0.15, 0.2) is 0 Å². The Bertz CT molecular complexity index is 558. The molecule has 1 aromatic carbocycles. The second-order valence-electron chi connectivity index (χ2n) is 5.86. The predicted molar refractivity (Wildman–Crippen MR) is 79.5 cm³/mol. The Labute approximate surface area is 145 Å². The maximum absolute atomic E-state index is 12.8. The Morgan fingerprint density at radius 1 is 1.30 bits per heavy atom. The number of hydrogen-bond acceptors (Lipinski definition) is 2. The third-order valence-electron chi connectivity index (χ3n) is 4.23. The van der Waals surface area contributed by atoms with Crippen molar-refractivity contribution in [3.63, 3.8) is 0 Å². The molecule has 1 saturated heterocycles. The fourth-order valence-electron chi connectivity index (χ4n) is 3.00. The van der Waals surface area contributed by atoms with Gasteiger partial charge in [-0.05, 0) is 0 Å². The van der Waals surface area contributed by atoms with Crippen LogP contribution in [0.25, 0.3) is 0 Å². The number of likely N-dealkylation sites (tertiary alicyclic amines) is 1. The zero-order chi connectivity index (χ0) is 16.9. The summed E-state index contributed by atoms with van der Waals surface area (Å²) >= 11 is 0.0147. The molecule has 0 N–H and O–H groups in total. The summed E-state index contributed by atoms with van der Waals surface area (Å²) in [5, 5.41) is 9.07. The third kappa shape index (κ3) is 5.08. The second-order valence-corrected chi connectivity index (χ2v) is 10.4. The summed E-state index contributed by atoms with van der Waals surface area (Å²) in [6, 6.07) is 7.93. The molecule has 1 aliphatic rings. The van der Waals surface area contributed by atoms with Crippen LogP contribution >= 0.6 is 0 Å². The molecule has 0 unspecified atom stereocenters. The van der Waals surface area contributed by atoms with Crippen molar-refractivity contribution >= 4 is 0 Å². The number of nitriles is 1. The molecule has 0 spiro atoms. The zero-order valence-corrected chi connectivity index (χ0v) is 15.3. The van der Waals surface area contributed by atoms with Crippen LogP contribution in [0.15, 0.2) is 24.3 Å². The molecule has 0 radical (unpaired) electrons. The van der Waals surface area contributed by atoms with Crippen molar-refractivity contribution in [2.45, 2.75) is 42.3 Å². The van der Waals surface area contributed by atoms with Gasteiger partial charge in [-0.15, -0.1) is 0 Å². The topological polar surface area (TPSA) is 27.0 Å². The van der Waals surface area contributed by atoms with E-state index in [4.69, 9.17) is 5.26 Å². The second kappa shape index (κ2) is 7.84. The van der Waals surface area contributed by atoms with Gasteiger partial charge in [0.1, 0.15) is 0 Å². The van der Waals surface area contributed by atoms with Crippen LogP contribution < -0.4 is 21.2 Å². The monoisotopic (exact) mass is 437 g/mol. The van der Waals surface area contributed by atoms with Crippen molar-refractivity contribution in [3.8, 4) is 6.07 Å². The zero-order valence-electron chi connectivity index (χ0n) is 13.2. The third-order valence-corrected chi connectivity index (χ3v) is 8.07. The van der Waals surface area contributed by atoms with Crippen molar-refractivity contribution < 1.29 is 34.4 Å². The van der Waals surface area contributed by atoms with Crippen molar-refractivity contribution in [3.05, 3.63) is 35.4 Å². The molecule has 0 amide bonds. The van der Waals surface area contributed by atoms with Gasteiger partial charge in [0.25, 0.3) is 0 Å². The molecule has 1 aromatic rings. The Hall–Kier alpha value is -0.810. The van der Waals surface area contributed by atoms with Gasteiger partial charge in [0.05, 0.1) is 0 Å². The van der Waals surface area contributed by atoms with E-state index in [2.05, 4.69) is 17.9 Å². The molecule has 1 fully saturated rings. The molecular formula is C17H21F3IN2-. The molecule has 0 bridgehead atoms. The Morgan fingerprint density at radius 2 is 2.00 bits per heavy atom. The van der Waals surface area contributed by atoms with Crippen molar-refractivity contribution in [2.75, 3.05) is 17.5 Å². The van der Waals surface area contributed by atoms with Gasteiger partial charge in [0.2, 0.25) is 0 Å². The van der Waals surface area contributed by atoms with Crippen LogP contribution in [0.4, 0.5) is 13.2 Å². The van der Waals surface area contributed by atoms with Crippen molar-refractivity contribution in [1.82, 2.24) is 4.90 Å². The van der Waals surface area contributed by atoms with Crippen molar-refractivity contribution in [1.29, 1.82) is 5.26 Å². The first-order valence-corrected chi connectivity index (χ1v) is 10.3. The van der Waals surface area contributed by atoms with E-state index >= 15 is 0 Å². The van der Waals surface area contributed by atoms with Gasteiger partial charge < -0.3 is 0 Å². The molecule has 1 heterocycles. The number of alkyl halides is 5. The first-order chi connectivity index (χ1) is 10.9.